The van der Waals surface area contributed by atoms with E-state index in [0.717, 1.165) is 18.4 Å². The summed E-state index contributed by atoms with van der Waals surface area (Å²) < 4.78 is 0. The molecule has 3 unspecified atom stereocenters. The maximum Gasteiger partial charge on any atom is 0.0636 e. The van der Waals surface area contributed by atoms with E-state index < -0.39 is 0 Å². The van der Waals surface area contributed by atoms with E-state index in [1.807, 2.05) is 6.92 Å². The van der Waals surface area contributed by atoms with Crippen molar-refractivity contribution in [3.63, 3.8) is 0 Å². The summed E-state index contributed by atoms with van der Waals surface area (Å²) in [4.78, 5) is 0. The van der Waals surface area contributed by atoms with Gasteiger partial charge in [-0.1, -0.05) is 20.3 Å². The Balaban J connectivity index is 2.28. The lowest BCUT2D eigenvalue weighted by Crippen LogP contribution is -2.37. The SMILES string of the molecule is CCC1CCC(NC[C@@H](C)O)C1C. The Morgan fingerprint density at radius 3 is 2.62 bits per heavy atom. The van der Waals surface area contributed by atoms with Crippen molar-refractivity contribution in [3.8, 4) is 0 Å². The molecule has 4 atom stereocenters. The van der Waals surface area contributed by atoms with Crippen molar-refractivity contribution in [1.29, 1.82) is 0 Å². The van der Waals surface area contributed by atoms with Gasteiger partial charge < -0.3 is 10.4 Å². The highest BCUT2D eigenvalue weighted by atomic mass is 16.3. The Morgan fingerprint density at radius 1 is 1.46 bits per heavy atom. The van der Waals surface area contributed by atoms with Crippen molar-refractivity contribution in [2.45, 2.75) is 52.2 Å². The number of rotatable bonds is 4. The van der Waals surface area contributed by atoms with Crippen LogP contribution in [0.4, 0.5) is 0 Å². The first-order valence-corrected chi connectivity index (χ1v) is 5.56. The Kier molecular flexibility index (Phi) is 4.20. The zero-order valence-corrected chi connectivity index (χ0v) is 9.09. The quantitative estimate of drug-likeness (QED) is 0.700. The molecule has 0 aromatic carbocycles. The van der Waals surface area contributed by atoms with Gasteiger partial charge in [-0.2, -0.15) is 0 Å². The van der Waals surface area contributed by atoms with Crippen molar-refractivity contribution >= 4 is 0 Å². The van der Waals surface area contributed by atoms with Crippen LogP contribution in [0.5, 0.6) is 0 Å². The predicted octanol–water partition coefficient (Wildman–Crippen LogP) is 1.78. The molecular formula is C11H23NO. The highest BCUT2D eigenvalue weighted by Crippen LogP contribution is 2.33. The molecule has 2 nitrogen and oxygen atoms in total. The molecule has 0 spiro atoms. The predicted molar refractivity (Wildman–Crippen MR) is 55.7 cm³/mol. The molecule has 0 heterocycles. The summed E-state index contributed by atoms with van der Waals surface area (Å²) in [5.41, 5.74) is 0. The van der Waals surface area contributed by atoms with Crippen LogP contribution in [0, 0.1) is 11.8 Å². The van der Waals surface area contributed by atoms with E-state index in [1.54, 1.807) is 0 Å². The molecular weight excluding hydrogens is 162 g/mol. The third kappa shape index (κ3) is 2.96. The van der Waals surface area contributed by atoms with E-state index in [0.29, 0.717) is 6.04 Å². The third-order valence-corrected chi connectivity index (χ3v) is 3.43. The topological polar surface area (TPSA) is 32.3 Å². The molecule has 1 aliphatic carbocycles. The standard InChI is InChI=1S/C11H23NO/c1-4-10-5-6-11(9(10)3)12-7-8(2)13/h8-13H,4-7H2,1-3H3/t8-,9?,10?,11?/m1/s1. The van der Waals surface area contributed by atoms with Crippen molar-refractivity contribution in [2.75, 3.05) is 6.54 Å². The number of aliphatic hydroxyl groups is 1. The van der Waals surface area contributed by atoms with E-state index in [9.17, 15) is 0 Å². The van der Waals surface area contributed by atoms with Crippen molar-refractivity contribution in [2.24, 2.45) is 11.8 Å². The lowest BCUT2D eigenvalue weighted by molar-refractivity contribution is 0.181. The van der Waals surface area contributed by atoms with Gasteiger partial charge in [0.1, 0.15) is 0 Å². The van der Waals surface area contributed by atoms with Gasteiger partial charge in [0.05, 0.1) is 6.10 Å². The molecule has 0 amide bonds. The lowest BCUT2D eigenvalue weighted by Gasteiger charge is -2.21. The van der Waals surface area contributed by atoms with Crippen LogP contribution in [0.25, 0.3) is 0 Å². The highest BCUT2D eigenvalue weighted by molar-refractivity contribution is 4.86. The molecule has 0 radical (unpaired) electrons. The second-order valence-electron chi connectivity index (χ2n) is 4.47. The Bertz CT molecular complexity index is 147. The summed E-state index contributed by atoms with van der Waals surface area (Å²) in [6, 6.07) is 0.638. The minimum Gasteiger partial charge on any atom is -0.392 e. The number of hydrogen-bond acceptors (Lipinski definition) is 2. The van der Waals surface area contributed by atoms with Crippen LogP contribution in [-0.2, 0) is 0 Å². The van der Waals surface area contributed by atoms with Gasteiger partial charge in [0.25, 0.3) is 0 Å². The zero-order valence-electron chi connectivity index (χ0n) is 9.09. The second kappa shape index (κ2) is 4.97. The number of hydrogen-bond donors (Lipinski definition) is 2. The van der Waals surface area contributed by atoms with Crippen LogP contribution in [0.15, 0.2) is 0 Å². The first-order valence-electron chi connectivity index (χ1n) is 5.56. The van der Waals surface area contributed by atoms with E-state index >= 15 is 0 Å². The smallest absolute Gasteiger partial charge is 0.0636 e. The summed E-state index contributed by atoms with van der Waals surface area (Å²) in [5.74, 6) is 1.68. The molecule has 0 saturated heterocycles. The molecule has 1 rings (SSSR count). The Morgan fingerprint density at radius 2 is 2.15 bits per heavy atom. The molecule has 0 bridgehead atoms. The van der Waals surface area contributed by atoms with Crippen LogP contribution in [0.3, 0.4) is 0 Å². The van der Waals surface area contributed by atoms with Crippen LogP contribution < -0.4 is 5.32 Å². The van der Waals surface area contributed by atoms with Crippen LogP contribution >= 0.6 is 0 Å². The number of nitrogens with one attached hydrogen (secondary N) is 1. The van der Waals surface area contributed by atoms with Gasteiger partial charge in [0.2, 0.25) is 0 Å². The summed E-state index contributed by atoms with van der Waals surface area (Å²) in [6.07, 6.45) is 3.73. The van der Waals surface area contributed by atoms with Crippen molar-refractivity contribution in [3.05, 3.63) is 0 Å². The van der Waals surface area contributed by atoms with E-state index in [1.165, 1.54) is 19.3 Å². The van der Waals surface area contributed by atoms with Gasteiger partial charge in [0, 0.05) is 12.6 Å². The van der Waals surface area contributed by atoms with Crippen LogP contribution in [0.1, 0.15) is 40.0 Å². The fourth-order valence-electron chi connectivity index (χ4n) is 2.43. The largest absolute Gasteiger partial charge is 0.392 e. The first kappa shape index (κ1) is 11.0. The second-order valence-corrected chi connectivity index (χ2v) is 4.47. The minimum atomic E-state index is -0.215. The van der Waals surface area contributed by atoms with E-state index in [-0.39, 0.29) is 6.10 Å². The molecule has 78 valence electrons. The van der Waals surface area contributed by atoms with Crippen molar-refractivity contribution in [1.82, 2.24) is 5.32 Å². The van der Waals surface area contributed by atoms with E-state index in [2.05, 4.69) is 19.2 Å². The van der Waals surface area contributed by atoms with Crippen LogP contribution in [-0.4, -0.2) is 23.8 Å². The van der Waals surface area contributed by atoms with Gasteiger partial charge in [0.15, 0.2) is 0 Å². The monoisotopic (exact) mass is 185 g/mol. The molecule has 0 aliphatic heterocycles. The van der Waals surface area contributed by atoms with Gasteiger partial charge in [-0.3, -0.25) is 0 Å². The molecule has 1 saturated carbocycles. The molecule has 2 N–H and O–H groups in total. The molecule has 13 heavy (non-hydrogen) atoms. The molecule has 0 aromatic heterocycles. The lowest BCUT2D eigenvalue weighted by atomic mass is 9.93. The van der Waals surface area contributed by atoms with E-state index in [4.69, 9.17) is 5.11 Å². The summed E-state index contributed by atoms with van der Waals surface area (Å²) in [5, 5.41) is 12.6. The Hall–Kier alpha value is -0.0800. The van der Waals surface area contributed by atoms with Gasteiger partial charge in [-0.05, 0) is 31.6 Å². The maximum atomic E-state index is 9.16. The molecule has 2 heteroatoms. The van der Waals surface area contributed by atoms with Crippen molar-refractivity contribution < 1.29 is 5.11 Å². The molecule has 0 aromatic rings. The average Bonchev–Trinajstić information content (AvgIpc) is 2.43. The number of aliphatic hydroxyl groups excluding tert-OH is 1. The third-order valence-electron chi connectivity index (χ3n) is 3.43. The Labute approximate surface area is 81.7 Å². The average molecular weight is 185 g/mol. The molecule has 1 aliphatic rings. The summed E-state index contributed by atoms with van der Waals surface area (Å²) in [6.45, 7) is 7.19. The van der Waals surface area contributed by atoms with Crippen LogP contribution in [0.2, 0.25) is 0 Å². The van der Waals surface area contributed by atoms with Gasteiger partial charge in [-0.25, -0.2) is 0 Å². The maximum absolute atomic E-state index is 9.16. The fraction of sp³-hybridized carbons (Fsp3) is 1.00. The first-order chi connectivity index (χ1) is 6.15. The van der Waals surface area contributed by atoms with Gasteiger partial charge in [-0.15, -0.1) is 0 Å². The highest BCUT2D eigenvalue weighted by Gasteiger charge is 2.30. The summed E-state index contributed by atoms with van der Waals surface area (Å²) >= 11 is 0. The zero-order chi connectivity index (χ0) is 9.84. The fourth-order valence-corrected chi connectivity index (χ4v) is 2.43. The molecule has 1 fully saturated rings. The normalized spacial score (nSPS) is 36.5. The van der Waals surface area contributed by atoms with Gasteiger partial charge >= 0.3 is 0 Å². The summed E-state index contributed by atoms with van der Waals surface area (Å²) in [7, 11) is 0. The minimum absolute atomic E-state index is 0.215.